The molecule has 1 aromatic rings. The summed E-state index contributed by atoms with van der Waals surface area (Å²) >= 11 is 0. The summed E-state index contributed by atoms with van der Waals surface area (Å²) < 4.78 is 4.99. The van der Waals surface area contributed by atoms with Crippen molar-refractivity contribution < 1.29 is 4.74 Å². The van der Waals surface area contributed by atoms with Crippen LogP contribution in [0.25, 0.3) is 0 Å². The highest BCUT2D eigenvalue weighted by atomic mass is 16.5. The highest BCUT2D eigenvalue weighted by Gasteiger charge is 1.96. The van der Waals surface area contributed by atoms with Crippen molar-refractivity contribution in [2.24, 2.45) is 0 Å². The van der Waals surface area contributed by atoms with Crippen LogP contribution in [0.2, 0.25) is 0 Å². The third-order valence-corrected chi connectivity index (χ3v) is 2.47. The first-order chi connectivity index (χ1) is 8.36. The number of ether oxygens (including phenoxy) is 1. The Labute approximate surface area is 103 Å². The van der Waals surface area contributed by atoms with Crippen molar-refractivity contribution in [1.29, 1.82) is 5.26 Å². The number of hydrogen-bond acceptors (Lipinski definition) is 4. The number of hydrogen-bond donors (Lipinski definition) is 1. The van der Waals surface area contributed by atoms with Crippen molar-refractivity contribution in [2.45, 2.75) is 25.8 Å². The maximum atomic E-state index is 8.71. The van der Waals surface area contributed by atoms with Gasteiger partial charge in [0.15, 0.2) is 0 Å². The van der Waals surface area contributed by atoms with Gasteiger partial charge in [0, 0.05) is 26.5 Å². The minimum Gasteiger partial charge on any atom is -0.385 e. The van der Waals surface area contributed by atoms with E-state index in [1.54, 1.807) is 13.3 Å². The smallest absolute Gasteiger partial charge is 0.140 e. The van der Waals surface area contributed by atoms with Crippen molar-refractivity contribution >= 4 is 0 Å². The Kier molecular flexibility index (Phi) is 6.96. The van der Waals surface area contributed by atoms with Gasteiger partial charge >= 0.3 is 0 Å². The Morgan fingerprint density at radius 1 is 1.41 bits per heavy atom. The molecule has 1 rings (SSSR count). The molecule has 0 aromatic carbocycles. The maximum Gasteiger partial charge on any atom is 0.140 e. The van der Waals surface area contributed by atoms with Crippen LogP contribution in [0.15, 0.2) is 18.3 Å². The molecule has 17 heavy (non-hydrogen) atoms. The average Bonchev–Trinajstić information content (AvgIpc) is 2.38. The Balaban J connectivity index is 2.12. The van der Waals surface area contributed by atoms with Crippen molar-refractivity contribution in [2.75, 3.05) is 20.3 Å². The fourth-order valence-corrected chi connectivity index (χ4v) is 1.55. The molecule has 0 bridgehead atoms. The van der Waals surface area contributed by atoms with E-state index in [0.717, 1.165) is 38.1 Å². The number of unbranched alkanes of at least 4 members (excludes halogenated alkanes) is 2. The van der Waals surface area contributed by atoms with Crippen LogP contribution >= 0.6 is 0 Å². The molecule has 0 fully saturated rings. The summed E-state index contributed by atoms with van der Waals surface area (Å²) in [6.45, 7) is 2.63. The molecule has 92 valence electrons. The van der Waals surface area contributed by atoms with Crippen LogP contribution in [0.4, 0.5) is 0 Å². The van der Waals surface area contributed by atoms with Gasteiger partial charge in [0.05, 0.1) is 0 Å². The topological polar surface area (TPSA) is 57.9 Å². The normalized spacial score (nSPS) is 10.1. The summed E-state index contributed by atoms with van der Waals surface area (Å²) in [4.78, 5) is 3.93. The quantitative estimate of drug-likeness (QED) is 0.696. The standard InChI is InChI=1S/C13H19N3O/c1-17-8-4-2-3-6-15-11-12-5-7-16-13(9-12)10-14/h5,7,9,15H,2-4,6,8,11H2,1H3. The molecule has 0 aliphatic carbocycles. The molecular formula is C13H19N3O. The largest absolute Gasteiger partial charge is 0.385 e. The third kappa shape index (κ3) is 6.00. The Bertz CT molecular complexity index is 360. The zero-order valence-corrected chi connectivity index (χ0v) is 10.3. The molecule has 0 radical (unpaired) electrons. The van der Waals surface area contributed by atoms with Crippen LogP contribution in [-0.2, 0) is 11.3 Å². The lowest BCUT2D eigenvalue weighted by Gasteiger charge is -2.04. The van der Waals surface area contributed by atoms with E-state index in [9.17, 15) is 0 Å². The minimum atomic E-state index is 0.476. The third-order valence-electron chi connectivity index (χ3n) is 2.47. The number of rotatable bonds is 8. The molecule has 1 aromatic heterocycles. The number of nitriles is 1. The average molecular weight is 233 g/mol. The van der Waals surface area contributed by atoms with Gasteiger partial charge in [-0.25, -0.2) is 4.98 Å². The lowest BCUT2D eigenvalue weighted by molar-refractivity contribution is 0.192. The molecular weight excluding hydrogens is 214 g/mol. The molecule has 4 nitrogen and oxygen atoms in total. The van der Waals surface area contributed by atoms with Crippen LogP contribution in [0.1, 0.15) is 30.5 Å². The monoisotopic (exact) mass is 233 g/mol. The summed E-state index contributed by atoms with van der Waals surface area (Å²) in [6.07, 6.45) is 5.13. The van der Waals surface area contributed by atoms with Crippen LogP contribution < -0.4 is 5.32 Å². The van der Waals surface area contributed by atoms with E-state index < -0.39 is 0 Å². The number of methoxy groups -OCH3 is 1. The van der Waals surface area contributed by atoms with Crippen LogP contribution in [0.3, 0.4) is 0 Å². The molecule has 1 heterocycles. The fourth-order valence-electron chi connectivity index (χ4n) is 1.55. The van der Waals surface area contributed by atoms with Crippen LogP contribution in [-0.4, -0.2) is 25.2 Å². The molecule has 0 aliphatic heterocycles. The van der Waals surface area contributed by atoms with Crippen LogP contribution in [0.5, 0.6) is 0 Å². The van der Waals surface area contributed by atoms with E-state index in [1.165, 1.54) is 6.42 Å². The van der Waals surface area contributed by atoms with Crippen molar-refractivity contribution in [3.8, 4) is 6.07 Å². The Morgan fingerprint density at radius 2 is 2.29 bits per heavy atom. The van der Waals surface area contributed by atoms with E-state index >= 15 is 0 Å². The van der Waals surface area contributed by atoms with E-state index in [2.05, 4.69) is 10.3 Å². The molecule has 1 N–H and O–H groups in total. The highest BCUT2D eigenvalue weighted by molar-refractivity contribution is 5.25. The van der Waals surface area contributed by atoms with Crippen molar-refractivity contribution in [3.63, 3.8) is 0 Å². The molecule has 0 unspecified atom stereocenters. The summed E-state index contributed by atoms with van der Waals surface area (Å²) in [6, 6.07) is 5.79. The highest BCUT2D eigenvalue weighted by Crippen LogP contribution is 2.00. The van der Waals surface area contributed by atoms with Crippen molar-refractivity contribution in [1.82, 2.24) is 10.3 Å². The van der Waals surface area contributed by atoms with Gasteiger partial charge < -0.3 is 10.1 Å². The van der Waals surface area contributed by atoms with E-state index in [0.29, 0.717) is 5.69 Å². The second-order valence-corrected chi connectivity index (χ2v) is 3.89. The van der Waals surface area contributed by atoms with E-state index in [1.807, 2.05) is 18.2 Å². The summed E-state index contributed by atoms with van der Waals surface area (Å²) in [7, 11) is 1.73. The van der Waals surface area contributed by atoms with Gasteiger partial charge in [0.2, 0.25) is 0 Å². The number of aromatic nitrogens is 1. The second kappa shape index (κ2) is 8.68. The molecule has 4 heteroatoms. The first-order valence-corrected chi connectivity index (χ1v) is 5.91. The Hall–Kier alpha value is -1.44. The maximum absolute atomic E-state index is 8.71. The summed E-state index contributed by atoms with van der Waals surface area (Å²) in [5.41, 5.74) is 1.58. The summed E-state index contributed by atoms with van der Waals surface area (Å²) in [5.74, 6) is 0. The predicted octanol–water partition coefficient (Wildman–Crippen LogP) is 1.86. The molecule has 0 saturated heterocycles. The molecule has 0 saturated carbocycles. The number of nitrogens with zero attached hydrogens (tertiary/aromatic N) is 2. The molecule has 0 atom stereocenters. The molecule has 0 spiro atoms. The first kappa shape index (κ1) is 13.6. The predicted molar refractivity (Wildman–Crippen MR) is 66.4 cm³/mol. The van der Waals surface area contributed by atoms with E-state index in [4.69, 9.17) is 10.00 Å². The SMILES string of the molecule is COCCCCCNCc1ccnc(C#N)c1. The zero-order valence-electron chi connectivity index (χ0n) is 10.3. The zero-order chi connectivity index (χ0) is 12.3. The van der Waals surface area contributed by atoms with Gasteiger partial charge in [0.1, 0.15) is 11.8 Å². The minimum absolute atomic E-state index is 0.476. The summed E-state index contributed by atoms with van der Waals surface area (Å²) in [5, 5.41) is 12.1. The lowest BCUT2D eigenvalue weighted by Crippen LogP contribution is -2.15. The van der Waals surface area contributed by atoms with Gasteiger partial charge in [-0.3, -0.25) is 0 Å². The Morgan fingerprint density at radius 3 is 3.06 bits per heavy atom. The van der Waals surface area contributed by atoms with Gasteiger partial charge in [-0.2, -0.15) is 5.26 Å². The second-order valence-electron chi connectivity index (χ2n) is 3.89. The molecule has 0 aliphatic rings. The first-order valence-electron chi connectivity index (χ1n) is 5.91. The van der Waals surface area contributed by atoms with Gasteiger partial charge in [-0.1, -0.05) is 0 Å². The van der Waals surface area contributed by atoms with Crippen molar-refractivity contribution in [3.05, 3.63) is 29.6 Å². The van der Waals surface area contributed by atoms with Gasteiger partial charge in [0.25, 0.3) is 0 Å². The number of nitrogens with one attached hydrogen (secondary N) is 1. The van der Waals surface area contributed by atoms with Gasteiger partial charge in [-0.15, -0.1) is 0 Å². The lowest BCUT2D eigenvalue weighted by atomic mass is 10.2. The van der Waals surface area contributed by atoms with Gasteiger partial charge in [-0.05, 0) is 43.5 Å². The fraction of sp³-hybridized carbons (Fsp3) is 0.538. The number of pyridine rings is 1. The molecule has 0 amide bonds. The van der Waals surface area contributed by atoms with Crippen LogP contribution in [0, 0.1) is 11.3 Å². The van der Waals surface area contributed by atoms with E-state index in [-0.39, 0.29) is 0 Å².